The van der Waals surface area contributed by atoms with Crippen molar-refractivity contribution in [1.82, 2.24) is 0 Å². The number of nitrogens with zero attached hydrogens (tertiary/aromatic N) is 1. The monoisotopic (exact) mass is 844 g/mol. The SMILES string of the molecule is CCCCCCCC/C=C\CCCCCCCC(=O)O[C@H](COC(=O)CCCCCCCCCCCCCCCCCCCCC)COP(=O)([O-])OCC[N+](C)(C)C. The molecule has 0 rings (SSSR count). The van der Waals surface area contributed by atoms with E-state index in [9.17, 15) is 19.0 Å². The van der Waals surface area contributed by atoms with Gasteiger partial charge in [-0.15, -0.1) is 0 Å². The maximum absolute atomic E-state index is 12.7. The molecule has 0 aromatic rings. The van der Waals surface area contributed by atoms with Crippen molar-refractivity contribution in [2.75, 3.05) is 47.5 Å². The second-order valence-corrected chi connectivity index (χ2v) is 19.2. The zero-order valence-electron chi connectivity index (χ0n) is 38.8. The van der Waals surface area contributed by atoms with Gasteiger partial charge in [0.05, 0.1) is 27.7 Å². The molecule has 0 spiro atoms. The second-order valence-electron chi connectivity index (χ2n) is 17.8. The Morgan fingerprint density at radius 2 is 0.879 bits per heavy atom. The number of allylic oxidation sites excluding steroid dienone is 2. The van der Waals surface area contributed by atoms with E-state index in [1.807, 2.05) is 21.1 Å². The predicted molar refractivity (Wildman–Crippen MR) is 241 cm³/mol. The maximum Gasteiger partial charge on any atom is 0.306 e. The van der Waals surface area contributed by atoms with E-state index in [1.54, 1.807) is 0 Å². The molecular formula is C48H94NO8P. The Kier molecular flexibility index (Phi) is 40.2. The Labute approximate surface area is 358 Å². The van der Waals surface area contributed by atoms with E-state index >= 15 is 0 Å². The van der Waals surface area contributed by atoms with Crippen LogP contribution in [0.3, 0.4) is 0 Å². The van der Waals surface area contributed by atoms with Gasteiger partial charge in [0.15, 0.2) is 6.10 Å². The molecular weight excluding hydrogens is 750 g/mol. The van der Waals surface area contributed by atoms with Crippen LogP contribution in [-0.2, 0) is 32.7 Å². The van der Waals surface area contributed by atoms with Gasteiger partial charge >= 0.3 is 11.9 Å². The minimum atomic E-state index is -4.62. The average Bonchev–Trinajstić information content (AvgIpc) is 3.17. The molecule has 0 bridgehead atoms. The molecule has 9 nitrogen and oxygen atoms in total. The van der Waals surface area contributed by atoms with Gasteiger partial charge in [0, 0.05) is 12.8 Å². The molecule has 0 aliphatic carbocycles. The first-order valence-electron chi connectivity index (χ1n) is 24.4. The Hall–Kier alpha value is -1.25. The molecule has 0 N–H and O–H groups in total. The third-order valence-corrected chi connectivity index (χ3v) is 11.7. The number of phosphoric ester groups is 1. The third kappa shape index (κ3) is 44.3. The highest BCUT2D eigenvalue weighted by atomic mass is 31.2. The van der Waals surface area contributed by atoms with Gasteiger partial charge in [-0.25, -0.2) is 0 Å². The van der Waals surface area contributed by atoms with Crippen molar-refractivity contribution in [2.45, 2.75) is 238 Å². The van der Waals surface area contributed by atoms with Gasteiger partial charge in [-0.05, 0) is 38.5 Å². The fourth-order valence-electron chi connectivity index (χ4n) is 6.95. The molecule has 10 heteroatoms. The van der Waals surface area contributed by atoms with Crippen molar-refractivity contribution in [3.8, 4) is 0 Å². The van der Waals surface area contributed by atoms with Crippen molar-refractivity contribution in [3.63, 3.8) is 0 Å². The van der Waals surface area contributed by atoms with Crippen molar-refractivity contribution in [1.29, 1.82) is 0 Å². The predicted octanol–water partition coefficient (Wildman–Crippen LogP) is 13.5. The van der Waals surface area contributed by atoms with E-state index in [0.717, 1.165) is 51.4 Å². The summed E-state index contributed by atoms with van der Waals surface area (Å²) in [6.45, 7) is 4.25. The molecule has 0 fully saturated rings. The van der Waals surface area contributed by atoms with Crippen LogP contribution in [0.2, 0.25) is 0 Å². The number of likely N-dealkylation sites (N-methyl/N-ethyl adjacent to an activating group) is 1. The normalized spacial score (nSPS) is 13.6. The lowest BCUT2D eigenvalue weighted by Gasteiger charge is -2.28. The van der Waals surface area contributed by atoms with E-state index in [0.29, 0.717) is 17.4 Å². The molecule has 0 aromatic carbocycles. The minimum Gasteiger partial charge on any atom is -0.756 e. The zero-order chi connectivity index (χ0) is 42.8. The van der Waals surface area contributed by atoms with Crippen LogP contribution in [0.1, 0.15) is 232 Å². The smallest absolute Gasteiger partial charge is 0.306 e. The molecule has 0 saturated heterocycles. The summed E-state index contributed by atoms with van der Waals surface area (Å²) in [4.78, 5) is 37.6. The molecule has 0 amide bonds. The van der Waals surface area contributed by atoms with Gasteiger partial charge in [0.25, 0.3) is 7.82 Å². The Morgan fingerprint density at radius 3 is 1.28 bits per heavy atom. The van der Waals surface area contributed by atoms with Gasteiger partial charge in [-0.1, -0.05) is 193 Å². The minimum absolute atomic E-state index is 0.0291. The van der Waals surface area contributed by atoms with E-state index in [1.165, 1.54) is 148 Å². The van der Waals surface area contributed by atoms with Gasteiger partial charge < -0.3 is 27.9 Å². The molecule has 1 unspecified atom stereocenters. The number of ether oxygens (including phenoxy) is 2. The summed E-state index contributed by atoms with van der Waals surface area (Å²) in [7, 11) is 1.17. The number of hydrogen-bond acceptors (Lipinski definition) is 8. The lowest BCUT2D eigenvalue weighted by atomic mass is 10.0. The van der Waals surface area contributed by atoms with Crippen LogP contribution >= 0.6 is 7.82 Å². The maximum atomic E-state index is 12.7. The van der Waals surface area contributed by atoms with Crippen LogP contribution in [0.25, 0.3) is 0 Å². The second kappa shape index (κ2) is 41.1. The Balaban J connectivity index is 4.25. The largest absolute Gasteiger partial charge is 0.756 e. The highest BCUT2D eigenvalue weighted by molar-refractivity contribution is 7.45. The number of phosphoric acid groups is 1. The summed E-state index contributed by atoms with van der Waals surface area (Å²) in [5.74, 6) is -0.831. The molecule has 0 heterocycles. The van der Waals surface area contributed by atoms with Crippen LogP contribution in [0, 0.1) is 0 Å². The van der Waals surface area contributed by atoms with Gasteiger partial charge in [0.2, 0.25) is 0 Å². The summed E-state index contributed by atoms with van der Waals surface area (Å²) in [6, 6.07) is 0. The number of rotatable bonds is 45. The molecule has 0 aromatic heterocycles. The highest BCUT2D eigenvalue weighted by Crippen LogP contribution is 2.38. The Morgan fingerprint density at radius 1 is 0.517 bits per heavy atom. The molecule has 0 radical (unpaired) electrons. The first-order valence-corrected chi connectivity index (χ1v) is 25.9. The molecule has 58 heavy (non-hydrogen) atoms. The summed E-state index contributed by atoms with van der Waals surface area (Å²) in [5.41, 5.74) is 0. The molecule has 0 aliphatic rings. The lowest BCUT2D eigenvalue weighted by molar-refractivity contribution is -0.870. The number of quaternary nitrogens is 1. The fraction of sp³-hybridized carbons (Fsp3) is 0.917. The fourth-order valence-corrected chi connectivity index (χ4v) is 7.67. The van der Waals surface area contributed by atoms with Crippen LogP contribution < -0.4 is 4.89 Å². The van der Waals surface area contributed by atoms with Gasteiger partial charge in [-0.3, -0.25) is 14.2 Å². The van der Waals surface area contributed by atoms with Crippen molar-refractivity contribution >= 4 is 19.8 Å². The number of hydrogen-bond donors (Lipinski definition) is 0. The summed E-state index contributed by atoms with van der Waals surface area (Å²) >= 11 is 0. The number of esters is 2. The number of carbonyl (C=O) groups is 2. The number of carbonyl (C=O) groups excluding carboxylic acids is 2. The van der Waals surface area contributed by atoms with Crippen LogP contribution in [-0.4, -0.2) is 70.0 Å². The first kappa shape index (κ1) is 56.8. The summed E-state index contributed by atoms with van der Waals surface area (Å²) in [6.07, 6.45) is 43.8. The standard InChI is InChI=1S/C48H94NO8P/c1-6-8-10-12-14-16-18-20-22-23-24-25-27-28-30-32-34-36-38-40-47(50)54-44-46(45-56-58(52,53)55-43-42-49(3,4)5)57-48(51)41-39-37-35-33-31-29-26-21-19-17-15-13-11-9-7-2/h21,26,46H,6-20,22-25,27-45H2,1-5H3/b26-21-/t46-/m1/s1. The molecule has 0 saturated carbocycles. The molecule has 0 aliphatic heterocycles. The zero-order valence-corrected chi connectivity index (χ0v) is 39.7. The van der Waals surface area contributed by atoms with Crippen LogP contribution in [0.15, 0.2) is 12.2 Å². The highest BCUT2D eigenvalue weighted by Gasteiger charge is 2.21. The van der Waals surface area contributed by atoms with Crippen LogP contribution in [0.4, 0.5) is 0 Å². The van der Waals surface area contributed by atoms with E-state index < -0.39 is 26.5 Å². The Bertz CT molecular complexity index is 1000. The van der Waals surface area contributed by atoms with Crippen LogP contribution in [0.5, 0.6) is 0 Å². The van der Waals surface area contributed by atoms with E-state index in [-0.39, 0.29) is 32.0 Å². The van der Waals surface area contributed by atoms with E-state index in [2.05, 4.69) is 26.0 Å². The van der Waals surface area contributed by atoms with Crippen molar-refractivity contribution in [3.05, 3.63) is 12.2 Å². The third-order valence-electron chi connectivity index (χ3n) is 10.8. The first-order chi connectivity index (χ1) is 28.0. The molecule has 2 atom stereocenters. The quantitative estimate of drug-likeness (QED) is 0.0196. The van der Waals surface area contributed by atoms with Crippen molar-refractivity contribution < 1.29 is 42.1 Å². The lowest BCUT2D eigenvalue weighted by Crippen LogP contribution is -2.37. The average molecular weight is 844 g/mol. The summed E-state index contributed by atoms with van der Waals surface area (Å²) < 4.78 is 34.0. The number of unbranched alkanes of at least 4 members (excludes halogenated alkanes) is 29. The van der Waals surface area contributed by atoms with Crippen molar-refractivity contribution in [2.24, 2.45) is 0 Å². The van der Waals surface area contributed by atoms with Gasteiger partial charge in [0.1, 0.15) is 19.8 Å². The van der Waals surface area contributed by atoms with Gasteiger partial charge in [-0.2, -0.15) is 0 Å². The van der Waals surface area contributed by atoms with E-state index in [4.69, 9.17) is 18.5 Å². The summed E-state index contributed by atoms with van der Waals surface area (Å²) in [5, 5.41) is 0. The topological polar surface area (TPSA) is 111 Å². The molecule has 344 valence electrons.